The number of piperazine rings is 1. The van der Waals surface area contributed by atoms with Crippen LogP contribution in [-0.4, -0.2) is 55.2 Å². The molecule has 0 atom stereocenters. The minimum absolute atomic E-state index is 0.236. The Hall–Kier alpha value is -1.46. The second kappa shape index (κ2) is 7.41. The van der Waals surface area contributed by atoms with Gasteiger partial charge >= 0.3 is 6.61 Å². The summed E-state index contributed by atoms with van der Waals surface area (Å²) in [4.78, 5) is 5.02. The molecule has 5 heteroatoms. The van der Waals surface area contributed by atoms with Gasteiger partial charge in [0.25, 0.3) is 0 Å². The maximum Gasteiger partial charge on any atom is 0.387 e. The summed E-state index contributed by atoms with van der Waals surface area (Å²) in [5.41, 5.74) is 1.87. The number of rotatable bonds is 6. The quantitative estimate of drug-likeness (QED) is 0.797. The van der Waals surface area contributed by atoms with E-state index in [1.807, 2.05) is 25.1 Å². The summed E-state index contributed by atoms with van der Waals surface area (Å²) in [5, 5.41) is 0. The summed E-state index contributed by atoms with van der Waals surface area (Å²) in [5.74, 6) is 0.236. The Morgan fingerprint density at radius 2 is 1.91 bits per heavy atom. The Labute approximate surface area is 136 Å². The first-order chi connectivity index (χ1) is 11.1. The second-order valence-corrected chi connectivity index (χ2v) is 6.45. The molecule has 1 saturated heterocycles. The molecule has 1 heterocycles. The van der Waals surface area contributed by atoms with Crippen LogP contribution in [0, 0.1) is 0 Å². The molecule has 2 fully saturated rings. The monoisotopic (exact) mass is 322 g/mol. The predicted octanol–water partition coefficient (Wildman–Crippen LogP) is 3.47. The lowest BCUT2D eigenvalue weighted by atomic mass is 10.1. The smallest absolute Gasteiger partial charge is 0.387 e. The van der Waals surface area contributed by atoms with Crippen molar-refractivity contribution >= 4 is 6.08 Å². The standard InChI is InChI=1S/C18H24F2N2O/c1-14(12-15-4-2-3-5-17(15)23-18(19)20)13-21-8-10-22(11-9-21)16-6-7-16/h2-5,12,16,18H,6-11,13H2,1H3/b14-12+. The van der Waals surface area contributed by atoms with Crippen LogP contribution in [0.2, 0.25) is 0 Å². The van der Waals surface area contributed by atoms with Crippen LogP contribution in [0.15, 0.2) is 29.8 Å². The number of para-hydroxylation sites is 1. The first kappa shape index (κ1) is 16.4. The van der Waals surface area contributed by atoms with Gasteiger partial charge in [-0.1, -0.05) is 29.8 Å². The minimum atomic E-state index is -2.79. The fraction of sp³-hybridized carbons (Fsp3) is 0.556. The van der Waals surface area contributed by atoms with Gasteiger partial charge in [0, 0.05) is 44.3 Å². The zero-order chi connectivity index (χ0) is 16.2. The summed E-state index contributed by atoms with van der Waals surface area (Å²) in [6.07, 6.45) is 4.67. The van der Waals surface area contributed by atoms with Crippen molar-refractivity contribution in [2.45, 2.75) is 32.4 Å². The molecule has 0 aromatic heterocycles. The second-order valence-electron chi connectivity index (χ2n) is 6.45. The van der Waals surface area contributed by atoms with Crippen LogP contribution in [0.3, 0.4) is 0 Å². The molecule has 23 heavy (non-hydrogen) atoms. The van der Waals surface area contributed by atoms with Gasteiger partial charge in [-0.3, -0.25) is 9.80 Å². The summed E-state index contributed by atoms with van der Waals surface area (Å²) in [7, 11) is 0. The van der Waals surface area contributed by atoms with E-state index in [9.17, 15) is 8.78 Å². The molecule has 1 aliphatic carbocycles. The SMILES string of the molecule is C/C(=C\c1ccccc1OC(F)F)CN1CCN(C2CC2)CC1. The molecule has 0 radical (unpaired) electrons. The Morgan fingerprint density at radius 1 is 1.22 bits per heavy atom. The maximum absolute atomic E-state index is 12.5. The van der Waals surface area contributed by atoms with Crippen LogP contribution < -0.4 is 4.74 Å². The Kier molecular flexibility index (Phi) is 5.28. The molecule has 0 bridgehead atoms. The van der Waals surface area contributed by atoms with E-state index in [2.05, 4.69) is 14.5 Å². The van der Waals surface area contributed by atoms with E-state index in [0.29, 0.717) is 5.56 Å². The number of hydrogen-bond acceptors (Lipinski definition) is 3. The summed E-state index contributed by atoms with van der Waals surface area (Å²) < 4.78 is 29.5. The Bertz CT molecular complexity index is 550. The fourth-order valence-electron chi connectivity index (χ4n) is 3.19. The first-order valence-corrected chi connectivity index (χ1v) is 8.29. The third kappa shape index (κ3) is 4.75. The van der Waals surface area contributed by atoms with Crippen molar-refractivity contribution in [2.75, 3.05) is 32.7 Å². The zero-order valence-electron chi connectivity index (χ0n) is 13.5. The topological polar surface area (TPSA) is 15.7 Å². The van der Waals surface area contributed by atoms with Gasteiger partial charge in [0.05, 0.1) is 0 Å². The normalized spacial score (nSPS) is 21.0. The maximum atomic E-state index is 12.5. The highest BCUT2D eigenvalue weighted by Gasteiger charge is 2.30. The first-order valence-electron chi connectivity index (χ1n) is 8.29. The highest BCUT2D eigenvalue weighted by Crippen LogP contribution is 2.28. The van der Waals surface area contributed by atoms with Gasteiger partial charge in [-0.25, -0.2) is 0 Å². The number of nitrogens with zero attached hydrogens (tertiary/aromatic N) is 2. The Balaban J connectivity index is 1.57. The molecule has 0 unspecified atom stereocenters. The summed E-state index contributed by atoms with van der Waals surface area (Å²) >= 11 is 0. The van der Waals surface area contributed by atoms with Gasteiger partial charge in [0.2, 0.25) is 0 Å². The van der Waals surface area contributed by atoms with Crippen molar-refractivity contribution in [1.29, 1.82) is 0 Å². The van der Waals surface area contributed by atoms with Gasteiger partial charge in [-0.2, -0.15) is 8.78 Å². The van der Waals surface area contributed by atoms with E-state index < -0.39 is 6.61 Å². The third-order valence-corrected chi connectivity index (χ3v) is 4.48. The molecular formula is C18H24F2N2O. The van der Waals surface area contributed by atoms with E-state index in [4.69, 9.17) is 0 Å². The molecule has 2 aliphatic rings. The number of ether oxygens (including phenoxy) is 1. The van der Waals surface area contributed by atoms with E-state index >= 15 is 0 Å². The van der Waals surface area contributed by atoms with Gasteiger partial charge in [-0.15, -0.1) is 0 Å². The van der Waals surface area contributed by atoms with Crippen molar-refractivity contribution in [1.82, 2.24) is 9.80 Å². The van der Waals surface area contributed by atoms with Crippen molar-refractivity contribution in [3.8, 4) is 5.75 Å². The Morgan fingerprint density at radius 3 is 2.57 bits per heavy atom. The average Bonchev–Trinajstić information content (AvgIpc) is 3.34. The molecule has 1 aromatic carbocycles. The molecular weight excluding hydrogens is 298 g/mol. The van der Waals surface area contributed by atoms with E-state index in [0.717, 1.165) is 44.3 Å². The van der Waals surface area contributed by atoms with Gasteiger partial charge in [-0.05, 0) is 25.8 Å². The van der Waals surface area contributed by atoms with Crippen molar-refractivity contribution in [2.24, 2.45) is 0 Å². The van der Waals surface area contributed by atoms with Gasteiger partial charge in [0.15, 0.2) is 0 Å². The number of halogens is 2. The lowest BCUT2D eigenvalue weighted by Gasteiger charge is -2.35. The van der Waals surface area contributed by atoms with Crippen molar-refractivity contribution < 1.29 is 13.5 Å². The summed E-state index contributed by atoms with van der Waals surface area (Å²) in [6, 6.07) is 7.78. The van der Waals surface area contributed by atoms with Crippen LogP contribution in [0.4, 0.5) is 8.78 Å². The van der Waals surface area contributed by atoms with Crippen LogP contribution >= 0.6 is 0 Å². The lowest BCUT2D eigenvalue weighted by Crippen LogP contribution is -2.47. The molecule has 0 N–H and O–H groups in total. The molecule has 1 saturated carbocycles. The number of benzene rings is 1. The molecule has 1 aromatic rings. The van der Waals surface area contributed by atoms with Crippen LogP contribution in [0.5, 0.6) is 5.75 Å². The molecule has 3 rings (SSSR count). The van der Waals surface area contributed by atoms with Crippen molar-refractivity contribution in [3.63, 3.8) is 0 Å². The largest absolute Gasteiger partial charge is 0.434 e. The van der Waals surface area contributed by atoms with E-state index in [1.165, 1.54) is 12.8 Å². The van der Waals surface area contributed by atoms with Crippen LogP contribution in [0.25, 0.3) is 6.08 Å². The number of hydrogen-bond donors (Lipinski definition) is 0. The van der Waals surface area contributed by atoms with Gasteiger partial charge in [0.1, 0.15) is 5.75 Å². The zero-order valence-corrected chi connectivity index (χ0v) is 13.5. The highest BCUT2D eigenvalue weighted by molar-refractivity contribution is 5.59. The number of alkyl halides is 2. The summed E-state index contributed by atoms with van der Waals surface area (Å²) in [6.45, 7) is 4.58. The molecule has 0 spiro atoms. The van der Waals surface area contributed by atoms with Crippen molar-refractivity contribution in [3.05, 3.63) is 35.4 Å². The lowest BCUT2D eigenvalue weighted by molar-refractivity contribution is -0.0499. The van der Waals surface area contributed by atoms with Crippen LogP contribution in [0.1, 0.15) is 25.3 Å². The van der Waals surface area contributed by atoms with Crippen LogP contribution in [-0.2, 0) is 0 Å². The van der Waals surface area contributed by atoms with Gasteiger partial charge < -0.3 is 4.74 Å². The van der Waals surface area contributed by atoms with E-state index in [1.54, 1.807) is 12.1 Å². The average molecular weight is 322 g/mol. The predicted molar refractivity (Wildman–Crippen MR) is 87.8 cm³/mol. The third-order valence-electron chi connectivity index (χ3n) is 4.48. The minimum Gasteiger partial charge on any atom is -0.434 e. The molecule has 1 aliphatic heterocycles. The molecule has 126 valence electrons. The molecule has 3 nitrogen and oxygen atoms in total. The van der Waals surface area contributed by atoms with E-state index in [-0.39, 0.29) is 5.75 Å². The molecule has 0 amide bonds. The fourth-order valence-corrected chi connectivity index (χ4v) is 3.19. The highest BCUT2D eigenvalue weighted by atomic mass is 19.3.